The zero-order valence-corrected chi connectivity index (χ0v) is 19.0. The van der Waals surface area contributed by atoms with Crippen molar-refractivity contribution < 1.29 is 9.90 Å². The number of carboxylic acids is 1. The molecule has 0 atom stereocenters. The van der Waals surface area contributed by atoms with Crippen LogP contribution in [0.1, 0.15) is 34.0 Å². The third-order valence-corrected chi connectivity index (χ3v) is 5.64. The van der Waals surface area contributed by atoms with Crippen molar-refractivity contribution >= 4 is 44.9 Å². The second kappa shape index (κ2) is 10.4. The first-order valence-corrected chi connectivity index (χ1v) is 10.8. The minimum absolute atomic E-state index is 0.162. The van der Waals surface area contributed by atoms with Gasteiger partial charge in [0.2, 0.25) is 0 Å². The highest BCUT2D eigenvalue weighted by atomic mass is 79.9. The molecule has 30 heavy (non-hydrogen) atoms. The Labute approximate surface area is 190 Å². The predicted molar refractivity (Wildman–Crippen MR) is 126 cm³/mol. The number of aromatic carboxylic acids is 1. The van der Waals surface area contributed by atoms with E-state index in [9.17, 15) is 9.90 Å². The monoisotopic (exact) mass is 481 g/mol. The quantitative estimate of drug-likeness (QED) is 0.492. The summed E-state index contributed by atoms with van der Waals surface area (Å²) in [5.41, 5.74) is 4.45. The lowest BCUT2D eigenvalue weighted by molar-refractivity contribution is -0.255. The number of rotatable bonds is 7. The highest BCUT2D eigenvalue weighted by Crippen LogP contribution is 2.17. The Morgan fingerprint density at radius 1 is 0.900 bits per heavy atom. The molecule has 3 aromatic carbocycles. The molecule has 0 saturated carbocycles. The molecule has 0 saturated heterocycles. The van der Waals surface area contributed by atoms with Gasteiger partial charge in [-0.1, -0.05) is 71.4 Å². The minimum atomic E-state index is -1.18. The number of anilines is 1. The summed E-state index contributed by atoms with van der Waals surface area (Å²) in [7, 11) is 0. The van der Waals surface area contributed by atoms with E-state index in [-0.39, 0.29) is 5.56 Å². The lowest BCUT2D eigenvalue weighted by atomic mass is 10.1. The molecule has 0 radical (unpaired) electrons. The molecule has 0 aliphatic heterocycles. The van der Waals surface area contributed by atoms with Gasteiger partial charge in [0, 0.05) is 23.2 Å². The van der Waals surface area contributed by atoms with E-state index in [0.29, 0.717) is 18.2 Å². The summed E-state index contributed by atoms with van der Waals surface area (Å²) >= 11 is 9.18. The second-order valence-electron chi connectivity index (χ2n) is 6.95. The van der Waals surface area contributed by atoms with Crippen molar-refractivity contribution in [2.45, 2.75) is 26.4 Å². The number of hydrogen-bond donors (Lipinski definition) is 1. The zero-order valence-electron chi connectivity index (χ0n) is 16.6. The molecular formula is C24H22BrN2O2S-. The molecule has 3 rings (SSSR count). The first-order chi connectivity index (χ1) is 14.4. The Hall–Kier alpha value is -2.70. The van der Waals surface area contributed by atoms with Crippen molar-refractivity contribution in [2.24, 2.45) is 0 Å². The number of carbonyl (C=O) groups is 1. The number of carboxylic acid groups (broad SMARTS) is 1. The van der Waals surface area contributed by atoms with Crippen LogP contribution in [0.25, 0.3) is 0 Å². The summed E-state index contributed by atoms with van der Waals surface area (Å²) in [6, 6.07) is 23.0. The van der Waals surface area contributed by atoms with Gasteiger partial charge in [-0.2, -0.15) is 0 Å². The standard InChI is InChI=1S/C24H23BrN2O2S/c1-2-17-7-13-22(14-8-17)26-24(30)27(16-19-5-11-21(25)12-6-19)15-18-3-9-20(10-4-18)23(28)29/h3-14H,2,15-16H2,1H3,(H,26,30)(H,28,29)/p-1. The van der Waals surface area contributed by atoms with E-state index in [4.69, 9.17) is 12.2 Å². The predicted octanol–water partition coefficient (Wildman–Crippen LogP) is 4.77. The number of aryl methyl sites for hydroxylation is 1. The average molecular weight is 482 g/mol. The van der Waals surface area contributed by atoms with Gasteiger partial charge in [0.25, 0.3) is 0 Å². The highest BCUT2D eigenvalue weighted by molar-refractivity contribution is 9.10. The van der Waals surface area contributed by atoms with Crippen molar-refractivity contribution in [3.05, 3.63) is 99.5 Å². The van der Waals surface area contributed by atoms with Gasteiger partial charge in [-0.15, -0.1) is 0 Å². The Kier molecular flexibility index (Phi) is 7.60. The van der Waals surface area contributed by atoms with E-state index in [0.717, 1.165) is 27.7 Å². The summed E-state index contributed by atoms with van der Waals surface area (Å²) in [5, 5.41) is 14.9. The maximum Gasteiger partial charge on any atom is 0.174 e. The van der Waals surface area contributed by atoms with Gasteiger partial charge in [-0.3, -0.25) is 0 Å². The number of thiocarbonyl (C=S) groups is 1. The first kappa shape index (κ1) is 22.0. The molecular weight excluding hydrogens is 460 g/mol. The van der Waals surface area contributed by atoms with E-state index in [2.05, 4.69) is 57.3 Å². The van der Waals surface area contributed by atoms with E-state index < -0.39 is 5.97 Å². The van der Waals surface area contributed by atoms with Gasteiger partial charge >= 0.3 is 0 Å². The zero-order chi connectivity index (χ0) is 21.5. The third kappa shape index (κ3) is 6.15. The maximum absolute atomic E-state index is 11.0. The highest BCUT2D eigenvalue weighted by Gasteiger charge is 2.12. The first-order valence-electron chi connectivity index (χ1n) is 9.64. The van der Waals surface area contributed by atoms with E-state index in [1.54, 1.807) is 24.3 Å². The number of halogens is 1. The fourth-order valence-corrected chi connectivity index (χ4v) is 3.51. The Morgan fingerprint density at radius 3 is 1.90 bits per heavy atom. The van der Waals surface area contributed by atoms with Crippen molar-refractivity contribution in [1.29, 1.82) is 0 Å². The average Bonchev–Trinajstić information content (AvgIpc) is 2.75. The lowest BCUT2D eigenvalue weighted by Crippen LogP contribution is -2.33. The Bertz CT molecular complexity index is 1000. The molecule has 0 amide bonds. The van der Waals surface area contributed by atoms with Crippen LogP contribution in [0.2, 0.25) is 0 Å². The van der Waals surface area contributed by atoms with Crippen molar-refractivity contribution in [3.8, 4) is 0 Å². The second-order valence-corrected chi connectivity index (χ2v) is 8.25. The summed E-state index contributed by atoms with van der Waals surface area (Å²) in [5.74, 6) is -1.18. The minimum Gasteiger partial charge on any atom is -0.545 e. The van der Waals surface area contributed by atoms with Gasteiger partial charge in [-0.25, -0.2) is 0 Å². The largest absolute Gasteiger partial charge is 0.545 e. The summed E-state index contributed by atoms with van der Waals surface area (Å²) in [4.78, 5) is 13.1. The van der Waals surface area contributed by atoms with Crippen LogP contribution in [0.4, 0.5) is 5.69 Å². The number of nitrogens with one attached hydrogen (secondary N) is 1. The van der Waals surface area contributed by atoms with Gasteiger partial charge in [-0.05, 0) is 65.2 Å². The van der Waals surface area contributed by atoms with Gasteiger partial charge in [0.1, 0.15) is 0 Å². The van der Waals surface area contributed by atoms with Crippen LogP contribution in [-0.4, -0.2) is 16.0 Å². The molecule has 0 unspecified atom stereocenters. The fraction of sp³-hybridized carbons (Fsp3) is 0.167. The Balaban J connectivity index is 1.78. The van der Waals surface area contributed by atoms with Crippen molar-refractivity contribution in [2.75, 3.05) is 5.32 Å². The van der Waals surface area contributed by atoms with Crippen LogP contribution in [0, 0.1) is 0 Å². The molecule has 154 valence electrons. The van der Waals surface area contributed by atoms with Gasteiger partial charge in [0.15, 0.2) is 5.11 Å². The number of benzene rings is 3. The third-order valence-electron chi connectivity index (χ3n) is 4.75. The van der Waals surface area contributed by atoms with Crippen LogP contribution in [0.3, 0.4) is 0 Å². The van der Waals surface area contributed by atoms with Crippen LogP contribution in [0.15, 0.2) is 77.3 Å². The Morgan fingerprint density at radius 2 is 1.40 bits per heavy atom. The number of carbonyl (C=O) groups excluding carboxylic acids is 1. The molecule has 1 N–H and O–H groups in total. The van der Waals surface area contributed by atoms with Crippen molar-refractivity contribution in [3.63, 3.8) is 0 Å². The molecule has 0 aromatic heterocycles. The van der Waals surface area contributed by atoms with Crippen LogP contribution >= 0.6 is 28.1 Å². The molecule has 0 aliphatic rings. The topological polar surface area (TPSA) is 55.4 Å². The maximum atomic E-state index is 11.0. The van der Waals surface area contributed by atoms with Crippen LogP contribution < -0.4 is 10.4 Å². The van der Waals surface area contributed by atoms with Crippen molar-refractivity contribution in [1.82, 2.24) is 4.90 Å². The molecule has 0 fully saturated rings. The fourth-order valence-electron chi connectivity index (χ4n) is 3.00. The lowest BCUT2D eigenvalue weighted by Gasteiger charge is -2.26. The molecule has 4 nitrogen and oxygen atoms in total. The smallest absolute Gasteiger partial charge is 0.174 e. The molecule has 0 heterocycles. The molecule has 0 aliphatic carbocycles. The summed E-state index contributed by atoms with van der Waals surface area (Å²) in [6.07, 6.45) is 0.988. The summed E-state index contributed by atoms with van der Waals surface area (Å²) in [6.45, 7) is 3.29. The molecule has 6 heteroatoms. The van der Waals surface area contributed by atoms with E-state index >= 15 is 0 Å². The van der Waals surface area contributed by atoms with Crippen LogP contribution in [0.5, 0.6) is 0 Å². The van der Waals surface area contributed by atoms with E-state index in [1.165, 1.54) is 5.56 Å². The molecule has 0 bridgehead atoms. The van der Waals surface area contributed by atoms with Crippen LogP contribution in [-0.2, 0) is 19.5 Å². The SMILES string of the molecule is CCc1ccc(NC(=S)N(Cc2ccc(Br)cc2)Cc2ccc(C(=O)[O-])cc2)cc1. The normalized spacial score (nSPS) is 10.5. The van der Waals surface area contributed by atoms with Gasteiger partial charge in [0.05, 0.1) is 5.97 Å². The van der Waals surface area contributed by atoms with Gasteiger partial charge < -0.3 is 20.1 Å². The molecule has 3 aromatic rings. The summed E-state index contributed by atoms with van der Waals surface area (Å²) < 4.78 is 1.02. The molecule has 0 spiro atoms. The number of nitrogens with zero attached hydrogens (tertiary/aromatic N) is 1. The van der Waals surface area contributed by atoms with E-state index in [1.807, 2.05) is 24.3 Å². The number of hydrogen-bond acceptors (Lipinski definition) is 3.